The van der Waals surface area contributed by atoms with Gasteiger partial charge in [-0.25, -0.2) is 0 Å². The van der Waals surface area contributed by atoms with Gasteiger partial charge >= 0.3 is 0 Å². The summed E-state index contributed by atoms with van der Waals surface area (Å²) < 4.78 is 7.10. The monoisotopic (exact) mass is 322 g/mol. The summed E-state index contributed by atoms with van der Waals surface area (Å²) in [5, 5.41) is 2.99. The van der Waals surface area contributed by atoms with Crippen LogP contribution in [0.4, 0.5) is 0 Å². The zero-order valence-corrected chi connectivity index (χ0v) is 14.3. The molecule has 124 valence electrons. The van der Waals surface area contributed by atoms with Crippen molar-refractivity contribution in [1.82, 2.24) is 9.78 Å². The fourth-order valence-electron chi connectivity index (χ4n) is 2.91. The van der Waals surface area contributed by atoms with Crippen molar-refractivity contribution < 1.29 is 4.74 Å². The molecule has 1 heterocycles. The third-order valence-electron chi connectivity index (χ3n) is 4.16. The molecule has 24 heavy (non-hydrogen) atoms. The second kappa shape index (κ2) is 6.79. The van der Waals surface area contributed by atoms with Crippen molar-refractivity contribution in [2.75, 3.05) is 7.11 Å². The summed E-state index contributed by atoms with van der Waals surface area (Å²) in [6.07, 6.45) is 1.79. The summed E-state index contributed by atoms with van der Waals surface area (Å²) in [7, 11) is 1.64. The molecular weight excluding hydrogens is 300 g/mol. The predicted octanol–water partition coefficient (Wildman–Crippen LogP) is 4.10. The number of H-pyrrole nitrogens is 1. The average Bonchev–Trinajstić information content (AvgIpc) is 2.92. The highest BCUT2D eigenvalue weighted by Crippen LogP contribution is 2.25. The standard InChI is InChI=1S/C20H22N2O2/c1-4-5-18-19(15-8-6-14(2)7-9-15)20(23)21-22(18)16-10-12-17(24-3)13-11-16/h6-13H,4-5H2,1-3H3,(H,21,23). The third-order valence-corrected chi connectivity index (χ3v) is 4.16. The van der Waals surface area contributed by atoms with E-state index in [-0.39, 0.29) is 5.56 Å². The number of aromatic nitrogens is 2. The number of ether oxygens (including phenoxy) is 1. The van der Waals surface area contributed by atoms with E-state index in [4.69, 9.17) is 4.74 Å². The van der Waals surface area contributed by atoms with Crippen molar-refractivity contribution in [2.24, 2.45) is 0 Å². The Hall–Kier alpha value is -2.75. The van der Waals surface area contributed by atoms with Crippen molar-refractivity contribution in [3.63, 3.8) is 0 Å². The molecule has 0 saturated heterocycles. The number of nitrogens with zero attached hydrogens (tertiary/aromatic N) is 1. The van der Waals surface area contributed by atoms with Crippen LogP contribution in [0.3, 0.4) is 0 Å². The second-order valence-corrected chi connectivity index (χ2v) is 5.91. The van der Waals surface area contributed by atoms with Crippen LogP contribution in [-0.2, 0) is 6.42 Å². The average molecular weight is 322 g/mol. The van der Waals surface area contributed by atoms with E-state index in [0.717, 1.165) is 41.1 Å². The minimum absolute atomic E-state index is 0.0573. The Balaban J connectivity index is 2.15. The van der Waals surface area contributed by atoms with Crippen LogP contribution in [-0.4, -0.2) is 16.9 Å². The Labute approximate surface area is 141 Å². The van der Waals surface area contributed by atoms with Gasteiger partial charge < -0.3 is 4.74 Å². The summed E-state index contributed by atoms with van der Waals surface area (Å²) >= 11 is 0. The molecule has 0 aliphatic carbocycles. The Morgan fingerprint density at radius 2 is 1.71 bits per heavy atom. The first kappa shape index (κ1) is 16.1. The van der Waals surface area contributed by atoms with Crippen LogP contribution in [0.25, 0.3) is 16.8 Å². The van der Waals surface area contributed by atoms with E-state index < -0.39 is 0 Å². The highest BCUT2D eigenvalue weighted by atomic mass is 16.5. The normalized spacial score (nSPS) is 10.8. The summed E-state index contributed by atoms with van der Waals surface area (Å²) in [5.41, 5.74) is 4.77. The molecule has 3 rings (SSSR count). The highest BCUT2D eigenvalue weighted by Gasteiger charge is 2.17. The van der Waals surface area contributed by atoms with Gasteiger partial charge in [-0.15, -0.1) is 0 Å². The van der Waals surface area contributed by atoms with Crippen molar-refractivity contribution in [3.05, 3.63) is 70.1 Å². The van der Waals surface area contributed by atoms with E-state index in [1.165, 1.54) is 5.56 Å². The molecule has 0 spiro atoms. The molecule has 1 aromatic heterocycles. The predicted molar refractivity (Wildman–Crippen MR) is 97.1 cm³/mol. The molecule has 3 aromatic rings. The minimum atomic E-state index is -0.0573. The topological polar surface area (TPSA) is 47.0 Å². The van der Waals surface area contributed by atoms with Crippen LogP contribution < -0.4 is 10.3 Å². The number of nitrogens with one attached hydrogen (secondary N) is 1. The summed E-state index contributed by atoms with van der Waals surface area (Å²) in [6, 6.07) is 15.8. The molecule has 2 aromatic carbocycles. The molecule has 0 atom stereocenters. The van der Waals surface area contributed by atoms with Gasteiger partial charge in [-0.2, -0.15) is 0 Å². The van der Waals surface area contributed by atoms with Gasteiger partial charge in [0.2, 0.25) is 0 Å². The Morgan fingerprint density at radius 3 is 2.29 bits per heavy atom. The molecule has 0 bridgehead atoms. The van der Waals surface area contributed by atoms with Crippen molar-refractivity contribution in [2.45, 2.75) is 26.7 Å². The summed E-state index contributed by atoms with van der Waals surface area (Å²) in [5.74, 6) is 0.795. The molecular formula is C20H22N2O2. The van der Waals surface area contributed by atoms with E-state index in [2.05, 4.69) is 12.0 Å². The highest BCUT2D eigenvalue weighted by molar-refractivity contribution is 5.66. The first-order valence-electron chi connectivity index (χ1n) is 8.19. The number of rotatable bonds is 5. The number of methoxy groups -OCH3 is 1. The van der Waals surface area contributed by atoms with Gasteiger partial charge in [-0.05, 0) is 43.2 Å². The van der Waals surface area contributed by atoms with Crippen molar-refractivity contribution in [1.29, 1.82) is 0 Å². The summed E-state index contributed by atoms with van der Waals surface area (Å²) in [4.78, 5) is 12.6. The second-order valence-electron chi connectivity index (χ2n) is 5.91. The Bertz CT molecular complexity index is 871. The van der Waals surface area contributed by atoms with Gasteiger partial charge in [0, 0.05) is 0 Å². The minimum Gasteiger partial charge on any atom is -0.497 e. The maximum atomic E-state index is 12.6. The van der Waals surface area contributed by atoms with Gasteiger partial charge in [-0.1, -0.05) is 43.2 Å². The van der Waals surface area contributed by atoms with E-state index in [1.807, 2.05) is 60.1 Å². The fraction of sp³-hybridized carbons (Fsp3) is 0.250. The molecule has 1 N–H and O–H groups in total. The number of hydrogen-bond donors (Lipinski definition) is 1. The number of hydrogen-bond acceptors (Lipinski definition) is 2. The molecule has 0 aliphatic heterocycles. The lowest BCUT2D eigenvalue weighted by atomic mass is 10.0. The Kier molecular flexibility index (Phi) is 4.56. The van der Waals surface area contributed by atoms with Gasteiger partial charge in [0.15, 0.2) is 0 Å². The van der Waals surface area contributed by atoms with E-state index in [0.29, 0.717) is 0 Å². The SMILES string of the molecule is CCCc1c(-c2ccc(C)cc2)c(=O)[nH]n1-c1ccc(OC)cc1. The maximum Gasteiger partial charge on any atom is 0.272 e. The lowest BCUT2D eigenvalue weighted by Crippen LogP contribution is -2.05. The van der Waals surface area contributed by atoms with E-state index >= 15 is 0 Å². The van der Waals surface area contributed by atoms with Crippen LogP contribution >= 0.6 is 0 Å². The number of benzene rings is 2. The maximum absolute atomic E-state index is 12.6. The van der Waals surface area contributed by atoms with Crippen LogP contribution in [0, 0.1) is 6.92 Å². The molecule has 0 saturated carbocycles. The molecule has 0 amide bonds. The number of aryl methyl sites for hydroxylation is 1. The van der Waals surface area contributed by atoms with Crippen molar-refractivity contribution in [3.8, 4) is 22.6 Å². The van der Waals surface area contributed by atoms with Crippen molar-refractivity contribution >= 4 is 0 Å². The zero-order chi connectivity index (χ0) is 17.1. The molecule has 4 nitrogen and oxygen atoms in total. The van der Waals surface area contributed by atoms with Crippen LogP contribution in [0.2, 0.25) is 0 Å². The van der Waals surface area contributed by atoms with Gasteiger partial charge in [-0.3, -0.25) is 14.6 Å². The van der Waals surface area contributed by atoms with Crippen LogP contribution in [0.15, 0.2) is 53.3 Å². The third kappa shape index (κ3) is 3.00. The molecule has 0 radical (unpaired) electrons. The molecule has 4 heteroatoms. The van der Waals surface area contributed by atoms with Crippen LogP contribution in [0.1, 0.15) is 24.6 Å². The number of aromatic amines is 1. The van der Waals surface area contributed by atoms with E-state index in [1.54, 1.807) is 7.11 Å². The zero-order valence-electron chi connectivity index (χ0n) is 14.3. The Morgan fingerprint density at radius 1 is 1.04 bits per heavy atom. The smallest absolute Gasteiger partial charge is 0.272 e. The first-order valence-corrected chi connectivity index (χ1v) is 8.19. The van der Waals surface area contributed by atoms with Gasteiger partial charge in [0.05, 0.1) is 24.1 Å². The lowest BCUT2D eigenvalue weighted by molar-refractivity contribution is 0.414. The molecule has 0 unspecified atom stereocenters. The quantitative estimate of drug-likeness (QED) is 0.768. The van der Waals surface area contributed by atoms with E-state index in [9.17, 15) is 4.79 Å². The largest absolute Gasteiger partial charge is 0.497 e. The summed E-state index contributed by atoms with van der Waals surface area (Å²) in [6.45, 7) is 4.16. The first-order chi connectivity index (χ1) is 11.6. The lowest BCUT2D eigenvalue weighted by Gasteiger charge is -2.10. The molecule has 0 aliphatic rings. The molecule has 0 fully saturated rings. The fourth-order valence-corrected chi connectivity index (χ4v) is 2.91. The van der Waals surface area contributed by atoms with Gasteiger partial charge in [0.1, 0.15) is 5.75 Å². The van der Waals surface area contributed by atoms with Crippen LogP contribution in [0.5, 0.6) is 5.75 Å². The van der Waals surface area contributed by atoms with Gasteiger partial charge in [0.25, 0.3) is 5.56 Å².